The molecule has 0 unspecified atom stereocenters. The molecule has 0 bridgehead atoms. The first kappa shape index (κ1) is 16.3. The van der Waals surface area contributed by atoms with Gasteiger partial charge in [-0.15, -0.1) is 0 Å². The minimum Gasteiger partial charge on any atom is -0.363 e. The Balaban J connectivity index is 1.34. The van der Waals surface area contributed by atoms with Crippen molar-refractivity contribution < 1.29 is 4.79 Å². The molecule has 1 aliphatic heterocycles. The lowest BCUT2D eigenvalue weighted by atomic mass is 10.1. The SMILES string of the molecule is O=C(NCCCn1ccnc1)c1cc(N2Cc3ccccc3C2)ccn1. The minimum atomic E-state index is -0.130. The number of carbonyl (C=O) groups is 1. The van der Waals surface area contributed by atoms with Crippen LogP contribution in [-0.2, 0) is 19.6 Å². The number of hydrogen-bond acceptors (Lipinski definition) is 4. The van der Waals surface area contributed by atoms with Gasteiger partial charge in [-0.25, -0.2) is 4.98 Å². The number of amides is 1. The number of nitrogens with one attached hydrogen (secondary N) is 1. The predicted octanol–water partition coefficient (Wildman–Crippen LogP) is 2.62. The van der Waals surface area contributed by atoms with E-state index in [2.05, 4.69) is 44.5 Å². The van der Waals surface area contributed by atoms with Crippen LogP contribution in [0.15, 0.2) is 61.3 Å². The zero-order valence-electron chi connectivity index (χ0n) is 14.5. The van der Waals surface area contributed by atoms with Crippen LogP contribution < -0.4 is 10.2 Å². The van der Waals surface area contributed by atoms with Gasteiger partial charge in [0.1, 0.15) is 5.69 Å². The van der Waals surface area contributed by atoms with Crippen LogP contribution in [0.3, 0.4) is 0 Å². The van der Waals surface area contributed by atoms with Gasteiger partial charge in [0.2, 0.25) is 0 Å². The third kappa shape index (κ3) is 3.59. The Morgan fingerprint density at radius 1 is 1.12 bits per heavy atom. The Morgan fingerprint density at radius 2 is 1.92 bits per heavy atom. The number of fused-ring (bicyclic) bond motifs is 1. The van der Waals surface area contributed by atoms with E-state index < -0.39 is 0 Å². The molecule has 6 nitrogen and oxygen atoms in total. The lowest BCUT2D eigenvalue weighted by Gasteiger charge is -2.18. The molecule has 1 amide bonds. The molecular weight excluding hydrogens is 326 g/mol. The zero-order chi connectivity index (χ0) is 17.8. The number of aromatic nitrogens is 3. The molecule has 2 aromatic heterocycles. The summed E-state index contributed by atoms with van der Waals surface area (Å²) in [5, 5.41) is 2.94. The summed E-state index contributed by atoms with van der Waals surface area (Å²) in [4.78, 5) is 22.9. The maximum Gasteiger partial charge on any atom is 0.269 e. The maximum atomic E-state index is 12.4. The number of nitrogens with zero attached hydrogens (tertiary/aromatic N) is 4. The van der Waals surface area contributed by atoms with Gasteiger partial charge in [-0.05, 0) is 29.7 Å². The lowest BCUT2D eigenvalue weighted by Crippen LogP contribution is -2.26. The highest BCUT2D eigenvalue weighted by Crippen LogP contribution is 2.27. The predicted molar refractivity (Wildman–Crippen MR) is 99.7 cm³/mol. The number of pyridine rings is 1. The van der Waals surface area contributed by atoms with Gasteiger partial charge in [0.25, 0.3) is 5.91 Å². The largest absolute Gasteiger partial charge is 0.363 e. The van der Waals surface area contributed by atoms with Crippen LogP contribution in [0.2, 0.25) is 0 Å². The van der Waals surface area contributed by atoms with Gasteiger partial charge in [0.05, 0.1) is 6.33 Å². The van der Waals surface area contributed by atoms with Crippen molar-refractivity contribution in [3.05, 3.63) is 78.1 Å². The Bertz CT molecular complexity index is 866. The zero-order valence-corrected chi connectivity index (χ0v) is 14.5. The Labute approximate surface area is 152 Å². The number of benzene rings is 1. The number of aryl methyl sites for hydroxylation is 1. The summed E-state index contributed by atoms with van der Waals surface area (Å²) in [6.45, 7) is 3.18. The van der Waals surface area contributed by atoms with E-state index in [9.17, 15) is 4.79 Å². The fraction of sp³-hybridized carbons (Fsp3) is 0.250. The molecule has 1 N–H and O–H groups in total. The first-order valence-electron chi connectivity index (χ1n) is 8.81. The molecule has 3 aromatic rings. The highest BCUT2D eigenvalue weighted by molar-refractivity contribution is 5.93. The Kier molecular flexibility index (Phi) is 4.64. The van der Waals surface area contributed by atoms with Gasteiger partial charge in [-0.1, -0.05) is 24.3 Å². The van der Waals surface area contributed by atoms with Crippen LogP contribution in [0.4, 0.5) is 5.69 Å². The van der Waals surface area contributed by atoms with E-state index in [0.29, 0.717) is 12.2 Å². The van der Waals surface area contributed by atoms with Crippen LogP contribution in [-0.4, -0.2) is 27.0 Å². The summed E-state index contributed by atoms with van der Waals surface area (Å²) in [7, 11) is 0. The molecule has 0 spiro atoms. The first-order chi connectivity index (χ1) is 12.8. The van der Waals surface area contributed by atoms with E-state index in [-0.39, 0.29) is 5.91 Å². The van der Waals surface area contributed by atoms with Gasteiger partial charge in [-0.2, -0.15) is 0 Å². The van der Waals surface area contributed by atoms with Gasteiger partial charge in [0.15, 0.2) is 0 Å². The normalized spacial score (nSPS) is 12.8. The van der Waals surface area contributed by atoms with E-state index in [4.69, 9.17) is 0 Å². The van der Waals surface area contributed by atoms with E-state index >= 15 is 0 Å². The Morgan fingerprint density at radius 3 is 2.65 bits per heavy atom. The number of imidazole rings is 1. The third-order valence-corrected chi connectivity index (χ3v) is 4.62. The molecular formula is C20H21N5O. The molecule has 0 saturated carbocycles. The van der Waals surface area contributed by atoms with E-state index in [1.807, 2.05) is 22.9 Å². The molecule has 1 aliphatic rings. The Hall–Kier alpha value is -3.15. The summed E-state index contributed by atoms with van der Waals surface area (Å²) in [5.74, 6) is -0.130. The summed E-state index contributed by atoms with van der Waals surface area (Å²) in [6.07, 6.45) is 8.01. The van der Waals surface area contributed by atoms with Crippen molar-refractivity contribution in [1.29, 1.82) is 0 Å². The third-order valence-electron chi connectivity index (χ3n) is 4.62. The molecule has 1 aromatic carbocycles. The van der Waals surface area contributed by atoms with Crippen LogP contribution >= 0.6 is 0 Å². The van der Waals surface area contributed by atoms with Crippen molar-refractivity contribution in [2.75, 3.05) is 11.4 Å². The molecule has 6 heteroatoms. The fourth-order valence-corrected chi connectivity index (χ4v) is 3.23. The standard InChI is InChI=1S/C20H21N5O/c26-20(23-7-3-10-24-11-9-21-15-24)19-12-18(6-8-22-19)25-13-16-4-1-2-5-17(16)14-25/h1-2,4-6,8-9,11-12,15H,3,7,10,13-14H2,(H,23,26). The maximum absolute atomic E-state index is 12.4. The van der Waals surface area contributed by atoms with Gasteiger partial charge in [-0.3, -0.25) is 9.78 Å². The highest BCUT2D eigenvalue weighted by Gasteiger charge is 2.19. The molecule has 3 heterocycles. The van der Waals surface area contributed by atoms with Gasteiger partial charge < -0.3 is 14.8 Å². The van der Waals surface area contributed by atoms with E-state index in [1.54, 1.807) is 18.7 Å². The number of rotatable bonds is 6. The fourth-order valence-electron chi connectivity index (χ4n) is 3.23. The second kappa shape index (κ2) is 7.39. The number of carbonyl (C=O) groups excluding carboxylic acids is 1. The summed E-state index contributed by atoms with van der Waals surface area (Å²) >= 11 is 0. The van der Waals surface area contributed by atoms with Crippen molar-refractivity contribution in [2.24, 2.45) is 0 Å². The molecule has 132 valence electrons. The second-order valence-corrected chi connectivity index (χ2v) is 6.43. The summed E-state index contributed by atoms with van der Waals surface area (Å²) < 4.78 is 2.00. The molecule has 0 atom stereocenters. The molecule has 4 rings (SSSR count). The van der Waals surface area contributed by atoms with Crippen molar-refractivity contribution in [3.8, 4) is 0 Å². The smallest absolute Gasteiger partial charge is 0.269 e. The van der Waals surface area contributed by atoms with Crippen LogP contribution in [0, 0.1) is 0 Å². The van der Waals surface area contributed by atoms with E-state index in [1.165, 1.54) is 11.1 Å². The molecule has 0 saturated heterocycles. The van der Waals surface area contributed by atoms with E-state index in [0.717, 1.165) is 31.7 Å². The monoisotopic (exact) mass is 347 g/mol. The highest BCUT2D eigenvalue weighted by atomic mass is 16.1. The topological polar surface area (TPSA) is 63.1 Å². The molecule has 26 heavy (non-hydrogen) atoms. The molecule has 0 aliphatic carbocycles. The average molecular weight is 347 g/mol. The van der Waals surface area contributed by atoms with Crippen molar-refractivity contribution in [2.45, 2.75) is 26.1 Å². The molecule has 0 fully saturated rings. The van der Waals surface area contributed by atoms with Crippen molar-refractivity contribution >= 4 is 11.6 Å². The first-order valence-corrected chi connectivity index (χ1v) is 8.81. The van der Waals surface area contributed by atoms with Crippen LogP contribution in [0.1, 0.15) is 28.0 Å². The van der Waals surface area contributed by atoms with Crippen molar-refractivity contribution in [3.63, 3.8) is 0 Å². The lowest BCUT2D eigenvalue weighted by molar-refractivity contribution is 0.0948. The quantitative estimate of drug-likeness (QED) is 0.696. The number of hydrogen-bond donors (Lipinski definition) is 1. The summed E-state index contributed by atoms with van der Waals surface area (Å²) in [6, 6.07) is 12.3. The van der Waals surface area contributed by atoms with Crippen LogP contribution in [0.5, 0.6) is 0 Å². The number of anilines is 1. The van der Waals surface area contributed by atoms with Gasteiger partial charge >= 0.3 is 0 Å². The van der Waals surface area contributed by atoms with Gasteiger partial charge in [0, 0.05) is 50.5 Å². The average Bonchev–Trinajstić information content (AvgIpc) is 3.34. The van der Waals surface area contributed by atoms with Crippen molar-refractivity contribution in [1.82, 2.24) is 19.9 Å². The van der Waals surface area contributed by atoms with Crippen LogP contribution in [0.25, 0.3) is 0 Å². The summed E-state index contributed by atoms with van der Waals surface area (Å²) in [5.41, 5.74) is 4.17. The minimum absolute atomic E-state index is 0.130. The molecule has 0 radical (unpaired) electrons. The second-order valence-electron chi connectivity index (χ2n) is 6.43.